The second-order valence-electron chi connectivity index (χ2n) is 6.00. The third-order valence-corrected chi connectivity index (χ3v) is 4.33. The first-order chi connectivity index (χ1) is 9.92. The summed E-state index contributed by atoms with van der Waals surface area (Å²) >= 11 is 5.86. The predicted octanol–water partition coefficient (Wildman–Crippen LogP) is 5.01. The number of rotatable bonds is 1. The summed E-state index contributed by atoms with van der Waals surface area (Å²) in [6, 6.07) is 10.7. The fourth-order valence-corrected chi connectivity index (χ4v) is 3.09. The van der Waals surface area contributed by atoms with E-state index in [1.165, 1.54) is 6.07 Å². The molecule has 1 aliphatic carbocycles. The zero-order valence-electron chi connectivity index (χ0n) is 11.8. The largest absolute Gasteiger partial charge is 0.411 e. The van der Waals surface area contributed by atoms with Crippen molar-refractivity contribution in [1.82, 2.24) is 0 Å². The fraction of sp³-hybridized carbons (Fsp3) is 0.235. The Balaban J connectivity index is 2.14. The Morgan fingerprint density at radius 2 is 1.81 bits per heavy atom. The minimum Gasteiger partial charge on any atom is -0.411 e. The number of fused-ring (bicyclic) bond motifs is 1. The van der Waals surface area contributed by atoms with E-state index in [0.29, 0.717) is 12.1 Å². The lowest BCUT2D eigenvalue weighted by Crippen LogP contribution is -2.12. The molecule has 0 saturated heterocycles. The number of hydrogen-bond acceptors (Lipinski definition) is 2. The Labute approximate surface area is 127 Å². The molecule has 4 heteroatoms. The first kappa shape index (κ1) is 14.1. The van der Waals surface area contributed by atoms with Crippen molar-refractivity contribution in [2.75, 3.05) is 0 Å². The van der Waals surface area contributed by atoms with E-state index in [2.05, 4.69) is 25.1 Å². The lowest BCUT2D eigenvalue weighted by molar-refractivity contribution is 0.317. The Kier molecular flexibility index (Phi) is 3.25. The molecule has 0 aromatic heterocycles. The van der Waals surface area contributed by atoms with Crippen molar-refractivity contribution < 1.29 is 9.60 Å². The Bertz CT molecular complexity index is 752. The molecule has 0 atom stereocenters. The average molecular weight is 304 g/mol. The molecule has 0 radical (unpaired) electrons. The molecule has 2 aromatic rings. The Morgan fingerprint density at radius 3 is 2.48 bits per heavy atom. The second-order valence-corrected chi connectivity index (χ2v) is 6.40. The molecule has 0 amide bonds. The van der Waals surface area contributed by atoms with Gasteiger partial charge in [0.2, 0.25) is 0 Å². The van der Waals surface area contributed by atoms with Gasteiger partial charge in [-0.25, -0.2) is 4.39 Å². The Hall–Kier alpha value is -1.87. The predicted molar refractivity (Wildman–Crippen MR) is 82.8 cm³/mol. The maximum atomic E-state index is 13.3. The van der Waals surface area contributed by atoms with Crippen LogP contribution in [0.1, 0.15) is 31.4 Å². The van der Waals surface area contributed by atoms with Crippen molar-refractivity contribution in [3.63, 3.8) is 0 Å². The molecule has 0 bridgehead atoms. The van der Waals surface area contributed by atoms with Gasteiger partial charge in [0.05, 0.1) is 10.7 Å². The summed E-state index contributed by atoms with van der Waals surface area (Å²) in [5.41, 5.74) is 4.57. The number of halogens is 2. The van der Waals surface area contributed by atoms with Crippen LogP contribution in [0.25, 0.3) is 11.1 Å². The zero-order chi connectivity index (χ0) is 15.2. The van der Waals surface area contributed by atoms with Crippen LogP contribution in [0.3, 0.4) is 0 Å². The lowest BCUT2D eigenvalue weighted by atomic mass is 9.85. The second kappa shape index (κ2) is 4.85. The van der Waals surface area contributed by atoms with Crippen LogP contribution in [0.5, 0.6) is 0 Å². The van der Waals surface area contributed by atoms with Crippen LogP contribution >= 0.6 is 11.6 Å². The molecular weight excluding hydrogens is 289 g/mol. The molecule has 0 unspecified atom stereocenters. The first-order valence-corrected chi connectivity index (χ1v) is 7.11. The van der Waals surface area contributed by atoms with Crippen LogP contribution in [-0.2, 0) is 5.41 Å². The quantitative estimate of drug-likeness (QED) is 0.583. The highest BCUT2D eigenvalue weighted by atomic mass is 35.5. The van der Waals surface area contributed by atoms with Gasteiger partial charge in [-0.15, -0.1) is 0 Å². The molecular formula is C17H15ClFNO. The van der Waals surface area contributed by atoms with E-state index in [1.807, 2.05) is 12.1 Å². The van der Waals surface area contributed by atoms with Crippen LogP contribution in [0.2, 0.25) is 5.02 Å². The topological polar surface area (TPSA) is 32.6 Å². The molecule has 108 valence electrons. The zero-order valence-corrected chi connectivity index (χ0v) is 12.6. The van der Waals surface area contributed by atoms with E-state index >= 15 is 0 Å². The van der Waals surface area contributed by atoms with Crippen molar-refractivity contribution in [2.45, 2.75) is 25.7 Å². The van der Waals surface area contributed by atoms with Crippen LogP contribution in [0.15, 0.2) is 41.6 Å². The molecule has 2 aromatic carbocycles. The summed E-state index contributed by atoms with van der Waals surface area (Å²) in [4.78, 5) is 0. The number of nitrogens with zero attached hydrogens (tertiary/aromatic N) is 1. The molecule has 3 rings (SSSR count). The SMILES string of the molecule is CC1(C)CC(=NO)c2ccc(-c3ccc(F)c(Cl)c3)cc21. The number of benzene rings is 2. The summed E-state index contributed by atoms with van der Waals surface area (Å²) in [7, 11) is 0. The van der Waals surface area contributed by atoms with Crippen molar-refractivity contribution in [3.05, 3.63) is 58.4 Å². The molecule has 0 fully saturated rings. The van der Waals surface area contributed by atoms with E-state index in [0.717, 1.165) is 22.3 Å². The highest BCUT2D eigenvalue weighted by Gasteiger charge is 2.34. The minimum absolute atomic E-state index is 0.0866. The van der Waals surface area contributed by atoms with Gasteiger partial charge >= 0.3 is 0 Å². The van der Waals surface area contributed by atoms with Crippen molar-refractivity contribution in [2.24, 2.45) is 5.16 Å². The van der Waals surface area contributed by atoms with Crippen molar-refractivity contribution in [1.29, 1.82) is 0 Å². The van der Waals surface area contributed by atoms with Crippen LogP contribution < -0.4 is 0 Å². The van der Waals surface area contributed by atoms with Crippen molar-refractivity contribution in [3.8, 4) is 11.1 Å². The fourth-order valence-electron chi connectivity index (χ4n) is 2.91. The van der Waals surface area contributed by atoms with E-state index in [9.17, 15) is 4.39 Å². The van der Waals surface area contributed by atoms with Gasteiger partial charge in [-0.1, -0.05) is 48.8 Å². The standard InChI is InChI=1S/C17H15ClFNO/c1-17(2)9-16(20-21)12-5-3-10(7-13(12)17)11-4-6-15(19)14(18)8-11/h3-8,21H,9H2,1-2H3. The van der Waals surface area contributed by atoms with Gasteiger partial charge in [-0.2, -0.15) is 0 Å². The third kappa shape index (κ3) is 2.32. The van der Waals surface area contributed by atoms with Gasteiger partial charge in [0.1, 0.15) is 5.82 Å². The van der Waals surface area contributed by atoms with Gasteiger partial charge < -0.3 is 5.21 Å². The minimum atomic E-state index is -0.420. The Morgan fingerprint density at radius 1 is 1.14 bits per heavy atom. The summed E-state index contributed by atoms with van der Waals surface area (Å²) in [6.07, 6.45) is 0.701. The molecule has 2 nitrogen and oxygen atoms in total. The summed E-state index contributed by atoms with van der Waals surface area (Å²) in [5.74, 6) is -0.420. The van der Waals surface area contributed by atoms with Crippen LogP contribution in [0.4, 0.5) is 4.39 Å². The third-order valence-electron chi connectivity index (χ3n) is 4.04. The summed E-state index contributed by atoms with van der Waals surface area (Å²) in [5, 5.41) is 12.6. The van der Waals surface area contributed by atoms with Gasteiger partial charge in [0.15, 0.2) is 0 Å². The van der Waals surface area contributed by atoms with Crippen LogP contribution in [-0.4, -0.2) is 10.9 Å². The normalized spacial score (nSPS) is 18.0. The molecule has 0 spiro atoms. The van der Waals surface area contributed by atoms with Gasteiger partial charge in [-0.3, -0.25) is 0 Å². The summed E-state index contributed by atoms with van der Waals surface area (Å²) in [6.45, 7) is 4.23. The van der Waals surface area contributed by atoms with E-state index in [4.69, 9.17) is 16.8 Å². The average Bonchev–Trinajstić information content (AvgIpc) is 2.73. The molecule has 21 heavy (non-hydrogen) atoms. The number of hydrogen-bond donors (Lipinski definition) is 1. The monoisotopic (exact) mass is 303 g/mol. The molecule has 0 aliphatic heterocycles. The van der Waals surface area contributed by atoms with Crippen LogP contribution in [0, 0.1) is 5.82 Å². The molecule has 1 aliphatic rings. The lowest BCUT2D eigenvalue weighted by Gasteiger charge is -2.18. The highest BCUT2D eigenvalue weighted by molar-refractivity contribution is 6.31. The maximum Gasteiger partial charge on any atom is 0.141 e. The molecule has 1 N–H and O–H groups in total. The van der Waals surface area contributed by atoms with Crippen molar-refractivity contribution >= 4 is 17.3 Å². The van der Waals surface area contributed by atoms with Gasteiger partial charge in [0, 0.05) is 12.0 Å². The highest BCUT2D eigenvalue weighted by Crippen LogP contribution is 2.40. The molecule has 0 heterocycles. The van der Waals surface area contributed by atoms with E-state index in [-0.39, 0.29) is 10.4 Å². The number of oxime groups is 1. The maximum absolute atomic E-state index is 13.3. The van der Waals surface area contributed by atoms with Gasteiger partial charge in [-0.05, 0) is 40.3 Å². The smallest absolute Gasteiger partial charge is 0.141 e. The van der Waals surface area contributed by atoms with E-state index < -0.39 is 5.82 Å². The van der Waals surface area contributed by atoms with Gasteiger partial charge in [0.25, 0.3) is 0 Å². The first-order valence-electron chi connectivity index (χ1n) is 6.73. The summed E-state index contributed by atoms with van der Waals surface area (Å²) < 4.78 is 13.3. The van der Waals surface area contributed by atoms with E-state index in [1.54, 1.807) is 12.1 Å². The molecule has 0 saturated carbocycles.